The summed E-state index contributed by atoms with van der Waals surface area (Å²) in [6.07, 6.45) is 4.96. The summed E-state index contributed by atoms with van der Waals surface area (Å²) >= 11 is 0. The van der Waals surface area contributed by atoms with E-state index in [9.17, 15) is 0 Å². The molecule has 0 heterocycles. The molecule has 16 heavy (non-hydrogen) atoms. The van der Waals surface area contributed by atoms with Crippen molar-refractivity contribution in [3.05, 3.63) is 6.42 Å². The standard InChI is InChI=1S/C16H33/c1-13(2)11-10-12-16(9,14(3,4)5)15(6,7)8/h10,13H,11-12H2,1-9H3. The van der Waals surface area contributed by atoms with Gasteiger partial charge in [0, 0.05) is 0 Å². The predicted octanol–water partition coefficient (Wildman–Crippen LogP) is 5.73. The molecular formula is C16H33. The summed E-state index contributed by atoms with van der Waals surface area (Å²) in [7, 11) is 0. The second-order valence-corrected chi connectivity index (χ2v) is 7.95. The summed E-state index contributed by atoms with van der Waals surface area (Å²) in [5, 5.41) is 0. The van der Waals surface area contributed by atoms with Gasteiger partial charge < -0.3 is 0 Å². The van der Waals surface area contributed by atoms with Crippen molar-refractivity contribution >= 4 is 0 Å². The number of hydrogen-bond donors (Lipinski definition) is 0. The minimum atomic E-state index is 0.346. The van der Waals surface area contributed by atoms with Gasteiger partial charge in [0.25, 0.3) is 0 Å². The third-order valence-electron chi connectivity index (χ3n) is 4.50. The average molecular weight is 225 g/mol. The van der Waals surface area contributed by atoms with Crippen LogP contribution in [0.4, 0.5) is 0 Å². The predicted molar refractivity (Wildman–Crippen MR) is 75.4 cm³/mol. The first-order valence-electron chi connectivity index (χ1n) is 6.73. The molecule has 0 atom stereocenters. The third-order valence-corrected chi connectivity index (χ3v) is 4.50. The molecule has 0 rings (SSSR count). The van der Waals surface area contributed by atoms with Crippen molar-refractivity contribution in [2.75, 3.05) is 0 Å². The highest BCUT2D eigenvalue weighted by atomic mass is 14.5. The van der Waals surface area contributed by atoms with Gasteiger partial charge in [0.1, 0.15) is 0 Å². The molecule has 0 aliphatic heterocycles. The van der Waals surface area contributed by atoms with Crippen LogP contribution >= 0.6 is 0 Å². The maximum atomic E-state index is 2.50. The first-order valence-corrected chi connectivity index (χ1v) is 6.73. The topological polar surface area (TPSA) is 0 Å². The van der Waals surface area contributed by atoms with Crippen molar-refractivity contribution in [1.82, 2.24) is 0 Å². The van der Waals surface area contributed by atoms with Gasteiger partial charge in [-0.15, -0.1) is 0 Å². The Morgan fingerprint density at radius 1 is 0.812 bits per heavy atom. The molecule has 0 amide bonds. The van der Waals surface area contributed by atoms with Gasteiger partial charge in [-0.1, -0.05) is 62.3 Å². The summed E-state index contributed by atoms with van der Waals surface area (Å²) < 4.78 is 0. The molecule has 0 saturated heterocycles. The van der Waals surface area contributed by atoms with Crippen LogP contribution in [0.15, 0.2) is 0 Å². The number of rotatable bonds is 4. The highest BCUT2D eigenvalue weighted by molar-refractivity contribution is 4.98. The minimum absolute atomic E-state index is 0.346. The van der Waals surface area contributed by atoms with Gasteiger partial charge in [0.15, 0.2) is 0 Å². The fourth-order valence-electron chi connectivity index (χ4n) is 2.44. The van der Waals surface area contributed by atoms with Gasteiger partial charge in [0.05, 0.1) is 0 Å². The lowest BCUT2D eigenvalue weighted by atomic mass is 9.53. The molecule has 1 radical (unpaired) electrons. The Morgan fingerprint density at radius 2 is 1.19 bits per heavy atom. The summed E-state index contributed by atoms with van der Waals surface area (Å²) in [6, 6.07) is 0. The lowest BCUT2D eigenvalue weighted by Gasteiger charge is -2.52. The average Bonchev–Trinajstić information content (AvgIpc) is 1.98. The molecule has 0 unspecified atom stereocenters. The zero-order valence-corrected chi connectivity index (χ0v) is 13.1. The molecule has 0 saturated carbocycles. The Kier molecular flexibility index (Phi) is 5.10. The van der Waals surface area contributed by atoms with Gasteiger partial charge in [0.2, 0.25) is 0 Å². The molecule has 97 valence electrons. The Balaban J connectivity index is 4.71. The molecule has 0 aliphatic rings. The molecule has 0 bridgehead atoms. The Morgan fingerprint density at radius 3 is 1.44 bits per heavy atom. The van der Waals surface area contributed by atoms with E-state index >= 15 is 0 Å². The van der Waals surface area contributed by atoms with E-state index in [0.717, 1.165) is 5.92 Å². The lowest BCUT2D eigenvalue weighted by Crippen LogP contribution is -2.44. The highest BCUT2D eigenvalue weighted by Gasteiger charge is 2.45. The van der Waals surface area contributed by atoms with Crippen molar-refractivity contribution in [3.8, 4) is 0 Å². The van der Waals surface area contributed by atoms with Crippen LogP contribution in [0, 0.1) is 28.6 Å². The van der Waals surface area contributed by atoms with Crippen LogP contribution in [0.1, 0.15) is 75.2 Å². The lowest BCUT2D eigenvalue weighted by molar-refractivity contribution is -0.0151. The largest absolute Gasteiger partial charge is 0.0628 e. The van der Waals surface area contributed by atoms with Crippen LogP contribution in [0.2, 0.25) is 0 Å². The van der Waals surface area contributed by atoms with E-state index in [2.05, 4.69) is 68.7 Å². The van der Waals surface area contributed by atoms with Crippen molar-refractivity contribution in [2.45, 2.75) is 75.2 Å². The maximum Gasteiger partial charge on any atom is -0.0226 e. The highest BCUT2D eigenvalue weighted by Crippen LogP contribution is 2.54. The molecule has 0 N–H and O–H groups in total. The van der Waals surface area contributed by atoms with Gasteiger partial charge in [-0.3, -0.25) is 0 Å². The first kappa shape index (κ1) is 16.0. The third kappa shape index (κ3) is 3.79. The van der Waals surface area contributed by atoms with Gasteiger partial charge in [-0.25, -0.2) is 0 Å². The van der Waals surface area contributed by atoms with E-state index in [1.165, 1.54) is 12.8 Å². The summed E-state index contributed by atoms with van der Waals surface area (Å²) in [5.41, 5.74) is 1.05. The Hall–Kier alpha value is 0. The van der Waals surface area contributed by atoms with Gasteiger partial charge >= 0.3 is 0 Å². The molecular weight excluding hydrogens is 192 g/mol. The van der Waals surface area contributed by atoms with E-state index in [1.807, 2.05) is 0 Å². The molecule has 0 fully saturated rings. The molecule has 0 aromatic carbocycles. The van der Waals surface area contributed by atoms with E-state index in [0.29, 0.717) is 16.2 Å². The van der Waals surface area contributed by atoms with Crippen LogP contribution in [-0.4, -0.2) is 0 Å². The summed E-state index contributed by atoms with van der Waals surface area (Å²) in [6.45, 7) is 21.3. The zero-order chi connectivity index (χ0) is 13.2. The van der Waals surface area contributed by atoms with Crippen molar-refractivity contribution in [2.24, 2.45) is 22.2 Å². The Labute approximate surface area is 104 Å². The van der Waals surface area contributed by atoms with Crippen molar-refractivity contribution < 1.29 is 0 Å². The molecule has 0 spiro atoms. The zero-order valence-electron chi connectivity index (χ0n) is 13.1. The SMILES string of the molecule is CC(C)C[CH]CC(C)(C(C)(C)C)C(C)(C)C. The Bertz CT molecular complexity index is 183. The van der Waals surface area contributed by atoms with Crippen LogP contribution in [0.25, 0.3) is 0 Å². The quantitative estimate of drug-likeness (QED) is 0.573. The molecule has 0 aromatic heterocycles. The van der Waals surface area contributed by atoms with E-state index in [-0.39, 0.29) is 0 Å². The van der Waals surface area contributed by atoms with E-state index < -0.39 is 0 Å². The van der Waals surface area contributed by atoms with Crippen LogP contribution in [-0.2, 0) is 0 Å². The summed E-state index contributed by atoms with van der Waals surface area (Å²) in [5.74, 6) is 0.782. The fourth-order valence-corrected chi connectivity index (χ4v) is 2.44. The van der Waals surface area contributed by atoms with Crippen LogP contribution in [0.5, 0.6) is 0 Å². The minimum Gasteiger partial charge on any atom is -0.0628 e. The normalized spacial score (nSPS) is 14.6. The molecule has 0 aliphatic carbocycles. The number of hydrogen-bond acceptors (Lipinski definition) is 0. The fraction of sp³-hybridized carbons (Fsp3) is 0.938. The van der Waals surface area contributed by atoms with Crippen molar-refractivity contribution in [1.29, 1.82) is 0 Å². The first-order chi connectivity index (χ1) is 6.92. The molecule has 0 nitrogen and oxygen atoms in total. The molecule has 0 aromatic rings. The van der Waals surface area contributed by atoms with Crippen molar-refractivity contribution in [3.63, 3.8) is 0 Å². The van der Waals surface area contributed by atoms with Gasteiger partial charge in [-0.05, 0) is 41.4 Å². The smallest absolute Gasteiger partial charge is 0.0226 e. The van der Waals surface area contributed by atoms with Crippen LogP contribution < -0.4 is 0 Å². The second-order valence-electron chi connectivity index (χ2n) is 7.95. The second kappa shape index (κ2) is 5.10. The van der Waals surface area contributed by atoms with E-state index in [1.54, 1.807) is 0 Å². The summed E-state index contributed by atoms with van der Waals surface area (Å²) in [4.78, 5) is 0. The van der Waals surface area contributed by atoms with Gasteiger partial charge in [-0.2, -0.15) is 0 Å². The monoisotopic (exact) mass is 225 g/mol. The van der Waals surface area contributed by atoms with E-state index in [4.69, 9.17) is 0 Å². The van der Waals surface area contributed by atoms with Crippen LogP contribution in [0.3, 0.4) is 0 Å². The molecule has 0 heteroatoms. The maximum absolute atomic E-state index is 2.50.